The molecule has 1 aliphatic heterocycles. The SMILES string of the molecule is C/C=C/C(=O)NC1CCNC1. The molecule has 1 unspecified atom stereocenters. The van der Waals surface area contributed by atoms with Crippen molar-refractivity contribution in [3.05, 3.63) is 12.2 Å². The maximum Gasteiger partial charge on any atom is 0.243 e. The van der Waals surface area contributed by atoms with Gasteiger partial charge in [-0.2, -0.15) is 0 Å². The summed E-state index contributed by atoms with van der Waals surface area (Å²) in [4.78, 5) is 11.0. The molecule has 1 aliphatic rings. The molecule has 1 rings (SSSR count). The Morgan fingerprint density at radius 3 is 3.09 bits per heavy atom. The van der Waals surface area contributed by atoms with Crippen molar-refractivity contribution in [2.45, 2.75) is 19.4 Å². The van der Waals surface area contributed by atoms with Gasteiger partial charge in [-0.3, -0.25) is 4.79 Å². The van der Waals surface area contributed by atoms with Gasteiger partial charge < -0.3 is 10.6 Å². The van der Waals surface area contributed by atoms with Crippen molar-refractivity contribution in [3.63, 3.8) is 0 Å². The van der Waals surface area contributed by atoms with Gasteiger partial charge >= 0.3 is 0 Å². The molecule has 0 aromatic heterocycles. The summed E-state index contributed by atoms with van der Waals surface area (Å²) in [6.07, 6.45) is 4.35. The van der Waals surface area contributed by atoms with E-state index in [0.717, 1.165) is 19.5 Å². The summed E-state index contributed by atoms with van der Waals surface area (Å²) in [7, 11) is 0. The third kappa shape index (κ3) is 2.72. The van der Waals surface area contributed by atoms with Gasteiger partial charge in [-0.25, -0.2) is 0 Å². The van der Waals surface area contributed by atoms with Crippen LogP contribution in [0.1, 0.15) is 13.3 Å². The normalized spacial score (nSPS) is 24.3. The number of rotatable bonds is 2. The molecule has 0 aromatic carbocycles. The summed E-state index contributed by atoms with van der Waals surface area (Å²) in [5, 5.41) is 6.07. The fourth-order valence-electron chi connectivity index (χ4n) is 1.18. The molecule has 3 nitrogen and oxygen atoms in total. The van der Waals surface area contributed by atoms with Crippen LogP contribution >= 0.6 is 0 Å². The number of carbonyl (C=O) groups excluding carboxylic acids is 1. The smallest absolute Gasteiger partial charge is 0.243 e. The Morgan fingerprint density at radius 1 is 1.73 bits per heavy atom. The first-order valence-electron chi connectivity index (χ1n) is 3.97. The first kappa shape index (κ1) is 8.27. The number of allylic oxidation sites excluding steroid dienone is 1. The minimum atomic E-state index is 0.0150. The van der Waals surface area contributed by atoms with Crippen LogP contribution in [0.5, 0.6) is 0 Å². The van der Waals surface area contributed by atoms with Crippen LogP contribution < -0.4 is 10.6 Å². The first-order valence-corrected chi connectivity index (χ1v) is 3.97. The van der Waals surface area contributed by atoms with Gasteiger partial charge in [0, 0.05) is 12.6 Å². The van der Waals surface area contributed by atoms with Gasteiger partial charge in [-0.05, 0) is 26.0 Å². The molecule has 1 heterocycles. The molecule has 1 atom stereocenters. The van der Waals surface area contributed by atoms with Crippen molar-refractivity contribution < 1.29 is 4.79 Å². The average Bonchev–Trinajstić information content (AvgIpc) is 2.40. The maximum absolute atomic E-state index is 11.0. The number of amides is 1. The van der Waals surface area contributed by atoms with Crippen molar-refractivity contribution in [2.75, 3.05) is 13.1 Å². The monoisotopic (exact) mass is 154 g/mol. The van der Waals surface area contributed by atoms with Crippen molar-refractivity contribution in [1.82, 2.24) is 10.6 Å². The summed E-state index contributed by atoms with van der Waals surface area (Å²) in [6.45, 7) is 3.76. The molecule has 1 saturated heterocycles. The predicted octanol–water partition coefficient (Wildman–Crippen LogP) is 0.0406. The van der Waals surface area contributed by atoms with Crippen molar-refractivity contribution in [3.8, 4) is 0 Å². The lowest BCUT2D eigenvalue weighted by atomic mass is 10.2. The maximum atomic E-state index is 11.0. The predicted molar refractivity (Wildman–Crippen MR) is 44.2 cm³/mol. The van der Waals surface area contributed by atoms with E-state index in [1.807, 2.05) is 6.92 Å². The Hall–Kier alpha value is -0.830. The highest BCUT2D eigenvalue weighted by molar-refractivity contribution is 5.87. The van der Waals surface area contributed by atoms with Gasteiger partial charge in [0.2, 0.25) is 5.91 Å². The fraction of sp³-hybridized carbons (Fsp3) is 0.625. The molecule has 11 heavy (non-hydrogen) atoms. The second-order valence-electron chi connectivity index (χ2n) is 2.70. The van der Waals surface area contributed by atoms with Gasteiger partial charge in [0.1, 0.15) is 0 Å². The molecule has 0 bridgehead atoms. The summed E-state index contributed by atoms with van der Waals surface area (Å²) >= 11 is 0. The van der Waals surface area contributed by atoms with E-state index >= 15 is 0 Å². The highest BCUT2D eigenvalue weighted by atomic mass is 16.1. The van der Waals surface area contributed by atoms with E-state index in [-0.39, 0.29) is 5.91 Å². The van der Waals surface area contributed by atoms with E-state index in [4.69, 9.17) is 0 Å². The van der Waals surface area contributed by atoms with Crippen molar-refractivity contribution in [2.24, 2.45) is 0 Å². The zero-order valence-corrected chi connectivity index (χ0v) is 6.76. The Kier molecular flexibility index (Phi) is 3.11. The zero-order chi connectivity index (χ0) is 8.10. The third-order valence-electron chi connectivity index (χ3n) is 1.72. The molecule has 62 valence electrons. The quantitative estimate of drug-likeness (QED) is 0.551. The Labute approximate surface area is 66.9 Å². The van der Waals surface area contributed by atoms with E-state index in [1.54, 1.807) is 12.2 Å². The van der Waals surface area contributed by atoms with Crippen molar-refractivity contribution >= 4 is 5.91 Å². The van der Waals surface area contributed by atoms with Crippen LogP contribution in [0.2, 0.25) is 0 Å². The summed E-state index contributed by atoms with van der Waals surface area (Å²) < 4.78 is 0. The average molecular weight is 154 g/mol. The van der Waals surface area contributed by atoms with Gasteiger partial charge in [0.05, 0.1) is 0 Å². The van der Waals surface area contributed by atoms with Crippen LogP contribution in [0.15, 0.2) is 12.2 Å². The molecule has 1 amide bonds. The lowest BCUT2D eigenvalue weighted by molar-refractivity contribution is -0.117. The van der Waals surface area contributed by atoms with E-state index in [0.29, 0.717) is 6.04 Å². The molecular weight excluding hydrogens is 140 g/mol. The Balaban J connectivity index is 2.23. The van der Waals surface area contributed by atoms with Gasteiger partial charge in [0.15, 0.2) is 0 Å². The summed E-state index contributed by atoms with van der Waals surface area (Å²) in [6, 6.07) is 0.332. The Morgan fingerprint density at radius 2 is 2.55 bits per heavy atom. The third-order valence-corrected chi connectivity index (χ3v) is 1.72. The Bertz CT molecular complexity index is 159. The molecule has 0 radical (unpaired) electrons. The van der Waals surface area contributed by atoms with Gasteiger partial charge in [0.25, 0.3) is 0 Å². The van der Waals surface area contributed by atoms with Crippen LogP contribution in [0.25, 0.3) is 0 Å². The molecule has 3 heteroatoms. The topological polar surface area (TPSA) is 41.1 Å². The second-order valence-corrected chi connectivity index (χ2v) is 2.70. The van der Waals surface area contributed by atoms with E-state index in [1.165, 1.54) is 0 Å². The summed E-state index contributed by atoms with van der Waals surface area (Å²) in [5.74, 6) is 0.0150. The molecule has 2 N–H and O–H groups in total. The van der Waals surface area contributed by atoms with E-state index < -0.39 is 0 Å². The van der Waals surface area contributed by atoms with E-state index in [2.05, 4.69) is 10.6 Å². The lowest BCUT2D eigenvalue weighted by Gasteiger charge is -2.07. The lowest BCUT2D eigenvalue weighted by Crippen LogP contribution is -2.34. The van der Waals surface area contributed by atoms with Gasteiger partial charge in [-0.1, -0.05) is 6.08 Å². The van der Waals surface area contributed by atoms with E-state index in [9.17, 15) is 4.79 Å². The van der Waals surface area contributed by atoms with Crippen LogP contribution in [-0.2, 0) is 4.79 Å². The molecule has 0 aliphatic carbocycles. The molecule has 0 saturated carbocycles. The highest BCUT2D eigenvalue weighted by Crippen LogP contribution is 1.96. The molecule has 0 spiro atoms. The minimum absolute atomic E-state index is 0.0150. The van der Waals surface area contributed by atoms with Crippen LogP contribution in [0, 0.1) is 0 Å². The van der Waals surface area contributed by atoms with Crippen LogP contribution in [0.3, 0.4) is 0 Å². The second kappa shape index (κ2) is 4.13. The molecular formula is C8H14N2O. The highest BCUT2D eigenvalue weighted by Gasteiger charge is 2.14. The largest absolute Gasteiger partial charge is 0.349 e. The molecule has 1 fully saturated rings. The van der Waals surface area contributed by atoms with Crippen LogP contribution in [0.4, 0.5) is 0 Å². The number of hydrogen-bond donors (Lipinski definition) is 2. The zero-order valence-electron chi connectivity index (χ0n) is 6.76. The molecule has 0 aromatic rings. The number of nitrogens with one attached hydrogen (secondary N) is 2. The van der Waals surface area contributed by atoms with Crippen LogP contribution in [-0.4, -0.2) is 25.0 Å². The van der Waals surface area contributed by atoms with Crippen molar-refractivity contribution in [1.29, 1.82) is 0 Å². The first-order chi connectivity index (χ1) is 5.33. The van der Waals surface area contributed by atoms with Gasteiger partial charge in [-0.15, -0.1) is 0 Å². The summed E-state index contributed by atoms with van der Waals surface area (Å²) in [5.41, 5.74) is 0. The number of hydrogen-bond acceptors (Lipinski definition) is 2. The fourth-order valence-corrected chi connectivity index (χ4v) is 1.18. The minimum Gasteiger partial charge on any atom is -0.349 e. The standard InChI is InChI=1S/C8H14N2O/c1-2-3-8(11)10-7-4-5-9-6-7/h2-3,7,9H,4-6H2,1H3,(H,10,11)/b3-2+. The number of carbonyl (C=O) groups is 1.